The van der Waals surface area contributed by atoms with Crippen molar-refractivity contribution in [1.29, 1.82) is 0 Å². The van der Waals surface area contributed by atoms with E-state index < -0.39 is 5.41 Å². The van der Waals surface area contributed by atoms with Gasteiger partial charge in [-0.15, -0.1) is 11.3 Å². The lowest BCUT2D eigenvalue weighted by Gasteiger charge is -2.34. The van der Waals surface area contributed by atoms with Crippen LogP contribution in [0.4, 0.5) is 0 Å². The third-order valence-electron chi connectivity index (χ3n) is 11.0. The predicted molar refractivity (Wildman–Crippen MR) is 218 cm³/mol. The summed E-state index contributed by atoms with van der Waals surface area (Å²) in [5, 5.41) is 6.06. The molecule has 242 valence electrons. The third kappa shape index (κ3) is 4.17. The van der Waals surface area contributed by atoms with E-state index in [1.54, 1.807) is 0 Å². The maximum atomic E-state index is 5.31. The van der Waals surface area contributed by atoms with E-state index in [4.69, 9.17) is 9.97 Å². The smallest absolute Gasteiger partial charge is 0.160 e. The molecule has 8 aromatic carbocycles. The highest BCUT2D eigenvalue weighted by molar-refractivity contribution is 7.25. The quantitative estimate of drug-likeness (QED) is 0.173. The van der Waals surface area contributed by atoms with Crippen molar-refractivity contribution >= 4 is 53.2 Å². The molecule has 0 spiro atoms. The van der Waals surface area contributed by atoms with Crippen LogP contribution in [-0.2, 0) is 5.41 Å². The number of benzene rings is 8. The van der Waals surface area contributed by atoms with Crippen LogP contribution in [0.2, 0.25) is 0 Å². The molecule has 0 saturated heterocycles. The molecule has 1 aliphatic carbocycles. The number of thiophene rings is 1. The van der Waals surface area contributed by atoms with Gasteiger partial charge in [-0.05, 0) is 62.4 Å². The summed E-state index contributed by atoms with van der Waals surface area (Å²) in [5.41, 5.74) is 11.2. The number of hydrogen-bond acceptors (Lipinski definition) is 3. The van der Waals surface area contributed by atoms with Gasteiger partial charge in [-0.3, -0.25) is 0 Å². The molecule has 1 aliphatic rings. The lowest BCUT2D eigenvalue weighted by atomic mass is 9.67. The van der Waals surface area contributed by atoms with Gasteiger partial charge < -0.3 is 0 Å². The Morgan fingerprint density at radius 3 is 1.85 bits per heavy atom. The average molecular weight is 679 g/mol. The van der Waals surface area contributed by atoms with Crippen LogP contribution >= 0.6 is 11.3 Å². The van der Waals surface area contributed by atoms with Crippen LogP contribution in [0.15, 0.2) is 182 Å². The minimum Gasteiger partial charge on any atom is -0.228 e. The zero-order valence-corrected chi connectivity index (χ0v) is 28.9. The van der Waals surface area contributed by atoms with Crippen LogP contribution < -0.4 is 0 Å². The SMILES string of the molecule is c1ccc(-c2nc(-c3ccc(C4(c5ccc6c(c5)sc5ccccc56)c5ccccc5-c5ccccc54)cc3)nc3ccc4ccccc4c23)cc1. The second kappa shape index (κ2) is 11.3. The summed E-state index contributed by atoms with van der Waals surface area (Å²) >= 11 is 1.88. The zero-order valence-electron chi connectivity index (χ0n) is 28.1. The maximum absolute atomic E-state index is 5.31. The van der Waals surface area contributed by atoms with Gasteiger partial charge in [-0.2, -0.15) is 0 Å². The van der Waals surface area contributed by atoms with E-state index in [1.165, 1.54) is 58.9 Å². The van der Waals surface area contributed by atoms with Crippen molar-refractivity contribution < 1.29 is 0 Å². The average Bonchev–Trinajstić information content (AvgIpc) is 3.74. The number of hydrogen-bond donors (Lipinski definition) is 0. The summed E-state index contributed by atoms with van der Waals surface area (Å²) in [7, 11) is 0. The molecule has 52 heavy (non-hydrogen) atoms. The van der Waals surface area contributed by atoms with Gasteiger partial charge in [0.2, 0.25) is 0 Å². The molecule has 2 heterocycles. The van der Waals surface area contributed by atoms with Crippen molar-refractivity contribution in [3.05, 3.63) is 204 Å². The van der Waals surface area contributed by atoms with Crippen molar-refractivity contribution in [3.8, 4) is 33.8 Å². The molecular formula is C49H30N2S. The number of nitrogens with zero attached hydrogens (tertiary/aromatic N) is 2. The van der Waals surface area contributed by atoms with E-state index in [9.17, 15) is 0 Å². The fourth-order valence-electron chi connectivity index (χ4n) is 8.69. The summed E-state index contributed by atoms with van der Waals surface area (Å²) < 4.78 is 2.63. The molecule has 3 heteroatoms. The summed E-state index contributed by atoms with van der Waals surface area (Å²) in [5.74, 6) is 0.723. The maximum Gasteiger partial charge on any atom is 0.160 e. The Labute approximate surface area is 305 Å². The topological polar surface area (TPSA) is 25.8 Å². The Morgan fingerprint density at radius 1 is 0.423 bits per heavy atom. The summed E-state index contributed by atoms with van der Waals surface area (Å²) in [6, 6.07) is 66.1. The van der Waals surface area contributed by atoms with Crippen molar-refractivity contribution in [2.75, 3.05) is 0 Å². The number of fused-ring (bicyclic) bond motifs is 9. The van der Waals surface area contributed by atoms with Crippen molar-refractivity contribution in [1.82, 2.24) is 9.97 Å². The normalized spacial score (nSPS) is 13.2. The monoisotopic (exact) mass is 678 g/mol. The first-order valence-corrected chi connectivity index (χ1v) is 18.6. The highest BCUT2D eigenvalue weighted by Crippen LogP contribution is 2.56. The van der Waals surface area contributed by atoms with E-state index >= 15 is 0 Å². The largest absolute Gasteiger partial charge is 0.228 e. The van der Waals surface area contributed by atoms with Crippen molar-refractivity contribution in [2.24, 2.45) is 0 Å². The van der Waals surface area contributed by atoms with E-state index in [0.29, 0.717) is 0 Å². The van der Waals surface area contributed by atoms with E-state index in [0.717, 1.165) is 38.9 Å². The Kier molecular flexibility index (Phi) is 6.37. The first-order chi connectivity index (χ1) is 25.8. The lowest BCUT2D eigenvalue weighted by Crippen LogP contribution is -2.28. The molecule has 0 N–H and O–H groups in total. The van der Waals surface area contributed by atoms with Crippen LogP contribution in [0.1, 0.15) is 22.3 Å². The fraction of sp³-hybridized carbons (Fsp3) is 0.0204. The Bertz CT molecular complexity index is 2970. The molecule has 0 saturated carbocycles. The van der Waals surface area contributed by atoms with Crippen molar-refractivity contribution in [2.45, 2.75) is 5.41 Å². The standard InChI is InChI=1S/C49H30N2S/c1-2-13-32(14-3-1)47-46-36-15-5-4-12-31(36)24-29-43(46)50-48(51-47)33-22-25-34(26-23-33)49(41-19-9-6-16-37(41)38-17-7-10-20-42(38)49)35-27-28-40-39-18-8-11-21-44(39)52-45(40)30-35/h1-30H. The molecule has 0 amide bonds. The van der Waals surface area contributed by atoms with E-state index in [2.05, 4.69) is 182 Å². The first kappa shape index (κ1) is 29.3. The highest BCUT2D eigenvalue weighted by Gasteiger charge is 2.46. The molecule has 11 rings (SSSR count). The predicted octanol–water partition coefficient (Wildman–Crippen LogP) is 12.8. The molecule has 0 fully saturated rings. The molecule has 2 nitrogen and oxygen atoms in total. The van der Waals surface area contributed by atoms with Gasteiger partial charge in [-0.1, -0.05) is 164 Å². The molecule has 10 aromatic rings. The highest BCUT2D eigenvalue weighted by atomic mass is 32.1. The van der Waals surface area contributed by atoms with Gasteiger partial charge in [0.15, 0.2) is 5.82 Å². The molecule has 0 bridgehead atoms. The van der Waals surface area contributed by atoms with Crippen LogP contribution in [0.3, 0.4) is 0 Å². The molecule has 0 radical (unpaired) electrons. The molecular weight excluding hydrogens is 649 g/mol. The Hall–Kier alpha value is -6.42. The Balaban J connectivity index is 1.13. The lowest BCUT2D eigenvalue weighted by molar-refractivity contribution is 0.770. The van der Waals surface area contributed by atoms with Crippen LogP contribution in [0.25, 0.3) is 75.6 Å². The van der Waals surface area contributed by atoms with Gasteiger partial charge in [0.1, 0.15) is 0 Å². The van der Waals surface area contributed by atoms with Crippen LogP contribution in [-0.4, -0.2) is 9.97 Å². The van der Waals surface area contributed by atoms with Gasteiger partial charge in [-0.25, -0.2) is 9.97 Å². The second-order valence-electron chi connectivity index (χ2n) is 13.7. The minimum atomic E-state index is -0.492. The van der Waals surface area contributed by atoms with E-state index in [-0.39, 0.29) is 0 Å². The van der Waals surface area contributed by atoms with Gasteiger partial charge in [0.25, 0.3) is 0 Å². The fourth-order valence-corrected chi connectivity index (χ4v) is 9.83. The summed E-state index contributed by atoms with van der Waals surface area (Å²) in [4.78, 5) is 10.5. The third-order valence-corrected chi connectivity index (χ3v) is 12.1. The second-order valence-corrected chi connectivity index (χ2v) is 14.8. The molecule has 0 aliphatic heterocycles. The summed E-state index contributed by atoms with van der Waals surface area (Å²) in [6.07, 6.45) is 0. The van der Waals surface area contributed by atoms with Gasteiger partial charge in [0.05, 0.1) is 16.6 Å². The van der Waals surface area contributed by atoms with Crippen LogP contribution in [0, 0.1) is 0 Å². The first-order valence-electron chi connectivity index (χ1n) is 17.7. The molecule has 2 aromatic heterocycles. The Morgan fingerprint density at radius 2 is 1.06 bits per heavy atom. The molecule has 0 atom stereocenters. The minimum absolute atomic E-state index is 0.492. The number of rotatable bonds is 4. The number of aromatic nitrogens is 2. The van der Waals surface area contributed by atoms with E-state index in [1.807, 2.05) is 11.3 Å². The summed E-state index contributed by atoms with van der Waals surface area (Å²) in [6.45, 7) is 0. The zero-order chi connectivity index (χ0) is 34.2. The van der Waals surface area contributed by atoms with Gasteiger partial charge in [0, 0.05) is 36.7 Å². The molecule has 0 unspecified atom stereocenters. The van der Waals surface area contributed by atoms with Crippen molar-refractivity contribution in [3.63, 3.8) is 0 Å². The van der Waals surface area contributed by atoms with Gasteiger partial charge >= 0.3 is 0 Å². The van der Waals surface area contributed by atoms with Crippen LogP contribution in [0.5, 0.6) is 0 Å².